The number of aryl methyl sites for hydroxylation is 1. The summed E-state index contributed by atoms with van der Waals surface area (Å²) in [6.07, 6.45) is 3.22. The fourth-order valence-corrected chi connectivity index (χ4v) is 3.33. The van der Waals surface area contributed by atoms with Crippen molar-refractivity contribution in [2.75, 3.05) is 11.9 Å². The number of H-pyrrole nitrogens is 1. The van der Waals surface area contributed by atoms with Crippen LogP contribution in [0.1, 0.15) is 34.8 Å². The number of benzene rings is 1. The van der Waals surface area contributed by atoms with E-state index in [1.807, 2.05) is 0 Å². The van der Waals surface area contributed by atoms with Gasteiger partial charge in [-0.3, -0.25) is 14.5 Å². The average molecular weight is 397 g/mol. The number of amides is 2. The van der Waals surface area contributed by atoms with Crippen molar-refractivity contribution in [3.8, 4) is 0 Å². The van der Waals surface area contributed by atoms with Crippen LogP contribution < -0.4 is 10.2 Å². The summed E-state index contributed by atoms with van der Waals surface area (Å²) in [5.41, 5.74) is 0.836. The number of nitrogens with one attached hydrogen (secondary N) is 2. The number of rotatable bonds is 4. The number of carbonyl (C=O) groups excluding carboxylic acids is 2. The zero-order valence-corrected chi connectivity index (χ0v) is 15.8. The molecular formula is C19H20FN7O2. The molecule has 9 nitrogen and oxygen atoms in total. The maximum Gasteiger partial charge on any atom is 0.289 e. The first-order valence-corrected chi connectivity index (χ1v) is 9.27. The van der Waals surface area contributed by atoms with E-state index in [9.17, 15) is 14.0 Å². The van der Waals surface area contributed by atoms with E-state index in [4.69, 9.17) is 0 Å². The van der Waals surface area contributed by atoms with Gasteiger partial charge in [0.25, 0.3) is 5.91 Å². The highest BCUT2D eigenvalue weighted by atomic mass is 19.1. The topological polar surface area (TPSA) is 109 Å². The van der Waals surface area contributed by atoms with E-state index < -0.39 is 11.9 Å². The molecule has 1 aliphatic heterocycles. The molecule has 150 valence electrons. The number of nitrogens with zero attached hydrogens (tertiary/aromatic N) is 5. The summed E-state index contributed by atoms with van der Waals surface area (Å²) < 4.78 is 14.8. The molecule has 1 atom stereocenters. The highest BCUT2D eigenvalue weighted by molar-refractivity contribution is 6.00. The summed E-state index contributed by atoms with van der Waals surface area (Å²) in [6.45, 7) is 0.663. The van der Waals surface area contributed by atoms with E-state index in [1.165, 1.54) is 17.0 Å². The third-order valence-electron chi connectivity index (χ3n) is 4.87. The predicted molar refractivity (Wildman–Crippen MR) is 102 cm³/mol. The van der Waals surface area contributed by atoms with Crippen LogP contribution in [-0.2, 0) is 17.8 Å². The van der Waals surface area contributed by atoms with Gasteiger partial charge < -0.3 is 10.3 Å². The lowest BCUT2D eigenvalue weighted by atomic mass is 10.1. The monoisotopic (exact) mass is 397 g/mol. The van der Waals surface area contributed by atoms with Gasteiger partial charge in [0.1, 0.15) is 23.5 Å². The molecule has 2 N–H and O–H groups in total. The molecule has 2 amide bonds. The van der Waals surface area contributed by atoms with E-state index >= 15 is 0 Å². The van der Waals surface area contributed by atoms with Crippen molar-refractivity contribution in [1.82, 2.24) is 30.3 Å². The van der Waals surface area contributed by atoms with Gasteiger partial charge in [0.05, 0.1) is 6.20 Å². The minimum atomic E-state index is -0.665. The normalized spacial score (nSPS) is 16.8. The quantitative estimate of drug-likeness (QED) is 0.690. The van der Waals surface area contributed by atoms with Crippen LogP contribution in [0.3, 0.4) is 0 Å². The Morgan fingerprint density at radius 2 is 2.07 bits per heavy atom. The fourth-order valence-electron chi connectivity index (χ4n) is 3.33. The average Bonchev–Trinajstić information content (AvgIpc) is 3.36. The van der Waals surface area contributed by atoms with Gasteiger partial charge in [-0.2, -0.15) is 5.10 Å². The zero-order valence-electron chi connectivity index (χ0n) is 15.8. The SMILES string of the molecule is CN1C(=O)[C@@H](NC(=O)c2nnc(Cc3ccc(F)cc3)[nH]2)CCCn2nccc21. The van der Waals surface area contributed by atoms with Gasteiger partial charge in [0.15, 0.2) is 0 Å². The van der Waals surface area contributed by atoms with E-state index in [0.717, 1.165) is 5.56 Å². The van der Waals surface area contributed by atoms with Gasteiger partial charge in [0, 0.05) is 26.1 Å². The molecule has 2 aromatic heterocycles. The van der Waals surface area contributed by atoms with Crippen LogP contribution in [0.2, 0.25) is 0 Å². The van der Waals surface area contributed by atoms with E-state index in [2.05, 4.69) is 25.6 Å². The number of aromatic nitrogens is 5. The number of likely N-dealkylation sites (N-methyl/N-ethyl adjacent to an activating group) is 1. The van der Waals surface area contributed by atoms with Gasteiger partial charge in [-0.25, -0.2) is 9.07 Å². The first kappa shape index (κ1) is 18.8. The molecular weight excluding hydrogens is 377 g/mol. The van der Waals surface area contributed by atoms with E-state index in [0.29, 0.717) is 37.4 Å². The maximum atomic E-state index is 13.0. The van der Waals surface area contributed by atoms with Crippen LogP contribution in [-0.4, -0.2) is 49.9 Å². The summed E-state index contributed by atoms with van der Waals surface area (Å²) in [5, 5.41) is 14.8. The Morgan fingerprint density at radius 3 is 2.86 bits per heavy atom. The Balaban J connectivity index is 1.43. The first-order chi connectivity index (χ1) is 14.0. The Kier molecular flexibility index (Phi) is 5.07. The van der Waals surface area contributed by atoms with Crippen molar-refractivity contribution in [3.05, 3.63) is 59.6 Å². The van der Waals surface area contributed by atoms with Crippen molar-refractivity contribution in [2.45, 2.75) is 31.8 Å². The summed E-state index contributed by atoms with van der Waals surface area (Å²) in [7, 11) is 1.66. The lowest BCUT2D eigenvalue weighted by Crippen LogP contribution is -2.49. The fraction of sp³-hybridized carbons (Fsp3) is 0.316. The molecule has 0 aliphatic carbocycles. The Bertz CT molecular complexity index is 1030. The van der Waals surface area contributed by atoms with Crippen LogP contribution in [0.5, 0.6) is 0 Å². The second kappa shape index (κ2) is 7.82. The van der Waals surface area contributed by atoms with Crippen LogP contribution >= 0.6 is 0 Å². The summed E-state index contributed by atoms with van der Waals surface area (Å²) in [6, 6.07) is 7.11. The van der Waals surface area contributed by atoms with Crippen molar-refractivity contribution in [2.24, 2.45) is 0 Å². The molecule has 0 radical (unpaired) electrons. The number of fused-ring (bicyclic) bond motifs is 1. The molecule has 0 spiro atoms. The van der Waals surface area contributed by atoms with Crippen molar-refractivity contribution in [3.63, 3.8) is 0 Å². The van der Waals surface area contributed by atoms with Crippen LogP contribution in [0.15, 0.2) is 36.5 Å². The third-order valence-corrected chi connectivity index (χ3v) is 4.87. The number of halogens is 1. The number of aromatic amines is 1. The summed E-state index contributed by atoms with van der Waals surface area (Å²) >= 11 is 0. The van der Waals surface area contributed by atoms with E-state index in [-0.39, 0.29) is 17.5 Å². The molecule has 0 bridgehead atoms. The Hall–Kier alpha value is -3.56. The highest BCUT2D eigenvalue weighted by Crippen LogP contribution is 2.18. The molecule has 0 saturated carbocycles. The van der Waals surface area contributed by atoms with Gasteiger partial charge in [0.2, 0.25) is 11.7 Å². The first-order valence-electron chi connectivity index (χ1n) is 9.27. The molecule has 3 aromatic rings. The van der Waals surface area contributed by atoms with Crippen molar-refractivity contribution < 1.29 is 14.0 Å². The smallest absolute Gasteiger partial charge is 0.289 e. The molecule has 4 rings (SSSR count). The number of anilines is 1. The maximum absolute atomic E-state index is 13.0. The number of hydrogen-bond acceptors (Lipinski definition) is 5. The summed E-state index contributed by atoms with van der Waals surface area (Å²) in [4.78, 5) is 29.7. The largest absolute Gasteiger partial charge is 0.337 e. The molecule has 10 heteroatoms. The molecule has 0 fully saturated rings. The molecule has 0 saturated heterocycles. The lowest BCUT2D eigenvalue weighted by molar-refractivity contribution is -0.120. The van der Waals surface area contributed by atoms with E-state index in [1.54, 1.807) is 36.1 Å². The molecule has 29 heavy (non-hydrogen) atoms. The molecule has 0 unspecified atom stereocenters. The predicted octanol–water partition coefficient (Wildman–Crippen LogP) is 1.29. The Morgan fingerprint density at radius 1 is 1.28 bits per heavy atom. The lowest BCUT2D eigenvalue weighted by Gasteiger charge is -2.27. The van der Waals surface area contributed by atoms with Gasteiger partial charge in [-0.05, 0) is 30.5 Å². The van der Waals surface area contributed by atoms with Gasteiger partial charge >= 0.3 is 0 Å². The van der Waals surface area contributed by atoms with Crippen molar-refractivity contribution >= 4 is 17.6 Å². The van der Waals surface area contributed by atoms with Crippen LogP contribution in [0, 0.1) is 5.82 Å². The molecule has 1 aliphatic rings. The van der Waals surface area contributed by atoms with Crippen molar-refractivity contribution in [1.29, 1.82) is 0 Å². The number of hydrogen-bond donors (Lipinski definition) is 2. The number of carbonyl (C=O) groups is 2. The standard InChI is InChI=1S/C19H20FN7O2/c1-26-16-8-9-21-27(16)10-2-3-14(19(26)29)22-18(28)17-23-15(24-25-17)11-12-4-6-13(20)7-5-12/h4-9,14H,2-3,10-11H2,1H3,(H,22,28)(H,23,24,25)/t14-/m0/s1. The third kappa shape index (κ3) is 4.00. The minimum Gasteiger partial charge on any atom is -0.337 e. The zero-order chi connectivity index (χ0) is 20.4. The summed E-state index contributed by atoms with van der Waals surface area (Å²) in [5.74, 6) is 0.171. The Labute approximate surface area is 165 Å². The molecule has 3 heterocycles. The van der Waals surface area contributed by atoms with Crippen LogP contribution in [0.25, 0.3) is 0 Å². The second-order valence-corrected chi connectivity index (χ2v) is 6.90. The highest BCUT2D eigenvalue weighted by Gasteiger charge is 2.29. The molecule has 1 aromatic carbocycles. The minimum absolute atomic E-state index is 0.0321. The second-order valence-electron chi connectivity index (χ2n) is 6.90. The van der Waals surface area contributed by atoms with Gasteiger partial charge in [-0.15, -0.1) is 10.2 Å². The van der Waals surface area contributed by atoms with Gasteiger partial charge in [-0.1, -0.05) is 12.1 Å². The van der Waals surface area contributed by atoms with Crippen LogP contribution in [0.4, 0.5) is 10.2 Å².